The first kappa shape index (κ1) is 14.9. The predicted octanol–water partition coefficient (Wildman–Crippen LogP) is 4.59. The molecule has 110 valence electrons. The Morgan fingerprint density at radius 3 is 1.41 bits per heavy atom. The van der Waals surface area contributed by atoms with E-state index in [-0.39, 0.29) is 5.25 Å². The maximum Gasteiger partial charge on any atom is 0.130 e. The Kier molecular flexibility index (Phi) is 4.32. The summed E-state index contributed by atoms with van der Waals surface area (Å²) in [6.45, 7) is 0. The molecular weight excluding hydrogens is 288 g/mol. The van der Waals surface area contributed by atoms with E-state index in [4.69, 9.17) is 12.6 Å². The molecule has 0 saturated carbocycles. The Labute approximate surface area is 136 Å². The number of thiol groups is 1. The molecule has 1 atom stereocenters. The molecule has 0 aliphatic rings. The van der Waals surface area contributed by atoms with Crippen molar-refractivity contribution in [3.05, 3.63) is 108 Å². The van der Waals surface area contributed by atoms with Crippen LogP contribution in [0.15, 0.2) is 91.0 Å². The molecule has 0 amide bonds. The van der Waals surface area contributed by atoms with Crippen LogP contribution in [0.1, 0.15) is 21.9 Å². The monoisotopic (exact) mass is 306 g/mol. The van der Waals surface area contributed by atoms with Crippen molar-refractivity contribution in [1.82, 2.24) is 0 Å². The van der Waals surface area contributed by atoms with Gasteiger partial charge in [0.15, 0.2) is 0 Å². The summed E-state index contributed by atoms with van der Waals surface area (Å²) in [5.41, 5.74) is 1.48. The van der Waals surface area contributed by atoms with Crippen molar-refractivity contribution >= 4 is 12.6 Å². The standard InChI is InChI=1S/C20H18OS/c21-20(17-12-6-2-7-13-17,18-14-8-3-9-15-18)19(22)16-10-4-1-5-11-16/h1-15,19,21-22H/t19-/m1/s1. The van der Waals surface area contributed by atoms with Crippen molar-refractivity contribution in [3.8, 4) is 0 Å². The predicted molar refractivity (Wildman–Crippen MR) is 94.1 cm³/mol. The number of benzene rings is 3. The van der Waals surface area contributed by atoms with Gasteiger partial charge in [-0.3, -0.25) is 0 Å². The first-order valence-corrected chi connectivity index (χ1v) is 7.81. The number of hydrogen-bond donors (Lipinski definition) is 2. The van der Waals surface area contributed by atoms with Gasteiger partial charge in [-0.2, -0.15) is 12.6 Å². The minimum Gasteiger partial charge on any atom is -0.379 e. The van der Waals surface area contributed by atoms with Gasteiger partial charge in [-0.25, -0.2) is 0 Å². The second-order valence-corrected chi connectivity index (χ2v) is 5.83. The molecular formula is C20H18OS. The van der Waals surface area contributed by atoms with Crippen LogP contribution in [0.3, 0.4) is 0 Å². The summed E-state index contributed by atoms with van der Waals surface area (Å²) in [5.74, 6) is 0. The Bertz CT molecular complexity index is 671. The van der Waals surface area contributed by atoms with E-state index < -0.39 is 5.60 Å². The van der Waals surface area contributed by atoms with Crippen LogP contribution in [0.5, 0.6) is 0 Å². The van der Waals surface area contributed by atoms with Gasteiger partial charge in [0.1, 0.15) is 5.60 Å². The lowest BCUT2D eigenvalue weighted by Gasteiger charge is -2.35. The molecule has 0 saturated heterocycles. The van der Waals surface area contributed by atoms with E-state index in [0.29, 0.717) is 0 Å². The summed E-state index contributed by atoms with van der Waals surface area (Å²) in [4.78, 5) is 0. The van der Waals surface area contributed by atoms with E-state index in [1.54, 1.807) is 0 Å². The van der Waals surface area contributed by atoms with Crippen LogP contribution in [0.2, 0.25) is 0 Å². The molecule has 1 nitrogen and oxygen atoms in total. The lowest BCUT2D eigenvalue weighted by atomic mass is 9.81. The summed E-state index contributed by atoms with van der Waals surface area (Å²) in [6, 6.07) is 29.3. The lowest BCUT2D eigenvalue weighted by molar-refractivity contribution is 0.0783. The maximum atomic E-state index is 11.6. The highest BCUT2D eigenvalue weighted by Crippen LogP contribution is 2.44. The van der Waals surface area contributed by atoms with Crippen molar-refractivity contribution in [3.63, 3.8) is 0 Å². The molecule has 3 aromatic carbocycles. The van der Waals surface area contributed by atoms with Crippen molar-refractivity contribution in [1.29, 1.82) is 0 Å². The van der Waals surface area contributed by atoms with Gasteiger partial charge >= 0.3 is 0 Å². The van der Waals surface area contributed by atoms with Crippen LogP contribution in [0, 0.1) is 0 Å². The number of hydrogen-bond acceptors (Lipinski definition) is 2. The SMILES string of the molecule is OC(c1ccccc1)(c1ccccc1)[C@H](S)c1ccccc1. The molecule has 0 aliphatic carbocycles. The third-order valence-corrected chi connectivity index (χ3v) is 4.61. The first-order chi connectivity index (χ1) is 10.7. The fourth-order valence-corrected chi connectivity index (χ4v) is 3.21. The van der Waals surface area contributed by atoms with Gasteiger partial charge in [0.05, 0.1) is 5.25 Å². The van der Waals surface area contributed by atoms with E-state index >= 15 is 0 Å². The molecule has 0 fully saturated rings. The zero-order chi connectivity index (χ0) is 15.4. The quantitative estimate of drug-likeness (QED) is 0.675. The van der Waals surface area contributed by atoms with Crippen molar-refractivity contribution in [2.75, 3.05) is 0 Å². The molecule has 2 heteroatoms. The molecule has 22 heavy (non-hydrogen) atoms. The molecule has 1 N–H and O–H groups in total. The van der Waals surface area contributed by atoms with Crippen LogP contribution >= 0.6 is 12.6 Å². The first-order valence-electron chi connectivity index (χ1n) is 7.29. The van der Waals surface area contributed by atoms with Gasteiger partial charge in [0.25, 0.3) is 0 Å². The van der Waals surface area contributed by atoms with Crippen LogP contribution in [0.25, 0.3) is 0 Å². The average molecular weight is 306 g/mol. The molecule has 3 rings (SSSR count). The van der Waals surface area contributed by atoms with Gasteiger partial charge in [-0.15, -0.1) is 0 Å². The Balaban J connectivity index is 2.16. The summed E-state index contributed by atoms with van der Waals surface area (Å²) < 4.78 is 0. The van der Waals surface area contributed by atoms with Crippen molar-refractivity contribution in [2.45, 2.75) is 10.9 Å². The Hall–Kier alpha value is -2.03. The summed E-state index contributed by atoms with van der Waals surface area (Å²) in [6.07, 6.45) is 0. The number of rotatable bonds is 4. The second-order valence-electron chi connectivity index (χ2n) is 5.31. The molecule has 0 heterocycles. The van der Waals surface area contributed by atoms with Gasteiger partial charge < -0.3 is 5.11 Å². The summed E-state index contributed by atoms with van der Waals surface area (Å²) in [7, 11) is 0. The van der Waals surface area contributed by atoms with Gasteiger partial charge in [-0.1, -0.05) is 91.0 Å². The van der Waals surface area contributed by atoms with E-state index in [0.717, 1.165) is 16.7 Å². The molecule has 0 unspecified atom stereocenters. The van der Waals surface area contributed by atoms with E-state index in [1.165, 1.54) is 0 Å². The van der Waals surface area contributed by atoms with Gasteiger partial charge in [-0.05, 0) is 16.7 Å². The normalized spacial score (nSPS) is 12.8. The van der Waals surface area contributed by atoms with Crippen LogP contribution in [0.4, 0.5) is 0 Å². The molecule has 0 aromatic heterocycles. The van der Waals surface area contributed by atoms with E-state index in [9.17, 15) is 5.11 Å². The smallest absolute Gasteiger partial charge is 0.130 e. The van der Waals surface area contributed by atoms with Crippen molar-refractivity contribution < 1.29 is 5.11 Å². The zero-order valence-corrected chi connectivity index (χ0v) is 13.0. The highest BCUT2D eigenvalue weighted by Gasteiger charge is 2.39. The third-order valence-electron chi connectivity index (χ3n) is 3.94. The summed E-state index contributed by atoms with van der Waals surface area (Å²) in [5, 5.41) is 11.2. The minimum absolute atomic E-state index is 0.363. The fourth-order valence-electron chi connectivity index (χ4n) is 2.74. The van der Waals surface area contributed by atoms with Gasteiger partial charge in [0.2, 0.25) is 0 Å². The van der Waals surface area contributed by atoms with E-state index in [2.05, 4.69) is 0 Å². The highest BCUT2D eigenvalue weighted by atomic mass is 32.1. The van der Waals surface area contributed by atoms with Crippen LogP contribution < -0.4 is 0 Å². The zero-order valence-electron chi connectivity index (χ0n) is 12.1. The van der Waals surface area contributed by atoms with Crippen LogP contribution in [-0.4, -0.2) is 5.11 Å². The van der Waals surface area contributed by atoms with E-state index in [1.807, 2.05) is 91.0 Å². The average Bonchev–Trinajstić information content (AvgIpc) is 2.62. The Morgan fingerprint density at radius 1 is 0.636 bits per heavy atom. The Morgan fingerprint density at radius 2 is 1.00 bits per heavy atom. The molecule has 0 spiro atoms. The third kappa shape index (κ3) is 2.68. The molecule has 0 aliphatic heterocycles. The highest BCUT2D eigenvalue weighted by molar-refractivity contribution is 7.80. The second kappa shape index (κ2) is 6.39. The van der Waals surface area contributed by atoms with Gasteiger partial charge in [0, 0.05) is 0 Å². The molecule has 3 aromatic rings. The topological polar surface area (TPSA) is 20.2 Å². The maximum absolute atomic E-state index is 11.6. The lowest BCUT2D eigenvalue weighted by Crippen LogP contribution is -2.32. The largest absolute Gasteiger partial charge is 0.379 e. The number of aliphatic hydroxyl groups is 1. The molecule has 0 bridgehead atoms. The minimum atomic E-state index is -1.19. The fraction of sp³-hybridized carbons (Fsp3) is 0.100. The van der Waals surface area contributed by atoms with Crippen molar-refractivity contribution in [2.24, 2.45) is 0 Å². The summed E-state index contributed by atoms with van der Waals surface area (Å²) >= 11 is 4.77. The molecule has 0 radical (unpaired) electrons. The van der Waals surface area contributed by atoms with Crippen LogP contribution in [-0.2, 0) is 5.60 Å².